The van der Waals surface area contributed by atoms with Crippen LogP contribution in [0, 0.1) is 5.92 Å². The highest BCUT2D eigenvalue weighted by atomic mass is 16.2. The summed E-state index contributed by atoms with van der Waals surface area (Å²) >= 11 is 0. The van der Waals surface area contributed by atoms with Gasteiger partial charge in [0.05, 0.1) is 11.0 Å². The maximum Gasteiger partial charge on any atom is 0.328 e. The molecule has 3 aromatic rings. The zero-order chi connectivity index (χ0) is 20.2. The van der Waals surface area contributed by atoms with Crippen molar-refractivity contribution in [2.45, 2.75) is 26.3 Å². The van der Waals surface area contributed by atoms with Crippen LogP contribution in [0.15, 0.2) is 54.9 Å². The smallest absolute Gasteiger partial charge is 0.318 e. The number of amides is 2. The highest BCUT2D eigenvalue weighted by Crippen LogP contribution is 2.19. The number of aromatic nitrogens is 2. The van der Waals surface area contributed by atoms with Crippen LogP contribution in [0.2, 0.25) is 0 Å². The van der Waals surface area contributed by atoms with Crippen molar-refractivity contribution >= 4 is 28.5 Å². The van der Waals surface area contributed by atoms with Crippen LogP contribution in [0.4, 0.5) is 5.69 Å². The summed E-state index contributed by atoms with van der Waals surface area (Å²) in [5.74, 6) is -0.657. The molecule has 0 unspecified atom stereocenters. The second kappa shape index (κ2) is 8.45. The molecule has 7 heteroatoms. The van der Waals surface area contributed by atoms with Gasteiger partial charge >= 0.3 is 11.8 Å². The minimum absolute atomic E-state index is 0.594. The van der Waals surface area contributed by atoms with Crippen molar-refractivity contribution in [3.05, 3.63) is 60.4 Å². The van der Waals surface area contributed by atoms with Gasteiger partial charge in [0.2, 0.25) is 0 Å². The van der Waals surface area contributed by atoms with E-state index in [4.69, 9.17) is 0 Å². The Labute approximate surface area is 169 Å². The van der Waals surface area contributed by atoms with Crippen molar-refractivity contribution in [1.29, 1.82) is 0 Å². The van der Waals surface area contributed by atoms with Gasteiger partial charge in [-0.3, -0.25) is 19.9 Å². The Morgan fingerprint density at radius 3 is 2.52 bits per heavy atom. The van der Waals surface area contributed by atoms with Gasteiger partial charge in [-0.05, 0) is 61.7 Å². The summed E-state index contributed by atoms with van der Waals surface area (Å²) in [5.41, 5.74) is 5.82. The Hall–Kier alpha value is -3.19. The molecule has 0 aliphatic carbocycles. The van der Waals surface area contributed by atoms with E-state index in [-0.39, 0.29) is 0 Å². The van der Waals surface area contributed by atoms with E-state index in [0.717, 1.165) is 36.6 Å². The van der Waals surface area contributed by atoms with Crippen LogP contribution in [-0.4, -0.2) is 39.5 Å². The maximum atomic E-state index is 12.2. The van der Waals surface area contributed by atoms with E-state index in [0.29, 0.717) is 5.69 Å². The van der Waals surface area contributed by atoms with Crippen molar-refractivity contribution in [3.8, 4) is 0 Å². The number of hydrogen-bond acceptors (Lipinski definition) is 4. The summed E-state index contributed by atoms with van der Waals surface area (Å²) in [6.45, 7) is 5.47. The number of anilines is 1. The van der Waals surface area contributed by atoms with E-state index in [1.54, 1.807) is 0 Å². The summed E-state index contributed by atoms with van der Waals surface area (Å²) < 4.78 is 1.44. The van der Waals surface area contributed by atoms with E-state index < -0.39 is 11.8 Å². The SMILES string of the molecule is CC1CCN(Cc2ccc(NC(=O)C(=O)Nn3cnc4ccccc43)cc2)CC1. The second-order valence-corrected chi connectivity index (χ2v) is 7.65. The molecule has 2 heterocycles. The molecule has 1 aliphatic heterocycles. The van der Waals surface area contributed by atoms with Gasteiger partial charge in [-0.25, -0.2) is 9.66 Å². The fraction of sp³-hybridized carbons (Fsp3) is 0.318. The first-order valence-corrected chi connectivity index (χ1v) is 9.94. The van der Waals surface area contributed by atoms with Gasteiger partial charge in [0.1, 0.15) is 6.33 Å². The number of nitrogens with one attached hydrogen (secondary N) is 2. The number of fused-ring (bicyclic) bond motifs is 1. The molecule has 1 saturated heterocycles. The lowest BCUT2D eigenvalue weighted by molar-refractivity contribution is -0.133. The standard InChI is InChI=1S/C22H25N5O2/c1-16-10-12-26(13-11-16)14-17-6-8-18(9-7-17)24-21(28)22(29)25-27-15-23-19-4-2-3-5-20(19)27/h2-9,15-16H,10-14H2,1H3,(H,24,28)(H,25,29). The van der Waals surface area contributed by atoms with Gasteiger partial charge in [0.15, 0.2) is 0 Å². The molecule has 0 spiro atoms. The van der Waals surface area contributed by atoms with Crippen molar-refractivity contribution in [3.63, 3.8) is 0 Å². The van der Waals surface area contributed by atoms with Crippen molar-refractivity contribution < 1.29 is 9.59 Å². The highest BCUT2D eigenvalue weighted by Gasteiger charge is 2.17. The Bertz CT molecular complexity index is 1000. The van der Waals surface area contributed by atoms with E-state index in [9.17, 15) is 9.59 Å². The number of benzene rings is 2. The molecule has 1 aromatic heterocycles. The summed E-state index contributed by atoms with van der Waals surface area (Å²) in [6.07, 6.45) is 3.97. The lowest BCUT2D eigenvalue weighted by Crippen LogP contribution is -2.33. The quantitative estimate of drug-likeness (QED) is 0.670. The molecule has 0 radical (unpaired) electrons. The van der Waals surface area contributed by atoms with E-state index in [2.05, 4.69) is 27.6 Å². The third kappa shape index (κ3) is 4.63. The van der Waals surface area contributed by atoms with Crippen LogP contribution in [0.5, 0.6) is 0 Å². The minimum atomic E-state index is -0.750. The molecule has 2 aromatic carbocycles. The molecule has 1 aliphatic rings. The Morgan fingerprint density at radius 1 is 1.03 bits per heavy atom. The molecule has 150 valence electrons. The second-order valence-electron chi connectivity index (χ2n) is 7.65. The molecule has 0 atom stereocenters. The Balaban J connectivity index is 1.32. The molecular weight excluding hydrogens is 366 g/mol. The van der Waals surface area contributed by atoms with Gasteiger partial charge in [0, 0.05) is 12.2 Å². The number of nitrogens with zero attached hydrogens (tertiary/aromatic N) is 3. The number of piperidine rings is 1. The first-order chi connectivity index (χ1) is 14.1. The third-order valence-corrected chi connectivity index (χ3v) is 5.38. The predicted molar refractivity (Wildman–Crippen MR) is 113 cm³/mol. The summed E-state index contributed by atoms with van der Waals surface area (Å²) in [5, 5.41) is 2.64. The van der Waals surface area contributed by atoms with Crippen LogP contribution in [0.1, 0.15) is 25.3 Å². The van der Waals surface area contributed by atoms with E-state index in [1.165, 1.54) is 29.4 Å². The Kier molecular flexibility index (Phi) is 5.57. The zero-order valence-electron chi connectivity index (χ0n) is 16.5. The first-order valence-electron chi connectivity index (χ1n) is 9.94. The lowest BCUT2D eigenvalue weighted by atomic mass is 9.99. The van der Waals surface area contributed by atoms with Gasteiger partial charge in [-0.1, -0.05) is 31.2 Å². The predicted octanol–water partition coefficient (Wildman–Crippen LogP) is 2.98. The molecule has 0 saturated carbocycles. The highest BCUT2D eigenvalue weighted by molar-refractivity contribution is 6.42. The van der Waals surface area contributed by atoms with Crippen molar-refractivity contribution in [2.75, 3.05) is 23.8 Å². The van der Waals surface area contributed by atoms with Gasteiger partial charge in [-0.15, -0.1) is 0 Å². The lowest BCUT2D eigenvalue weighted by Gasteiger charge is -2.30. The number of carbonyl (C=O) groups excluding carboxylic acids is 2. The van der Waals surface area contributed by atoms with Gasteiger partial charge < -0.3 is 5.32 Å². The monoisotopic (exact) mass is 391 g/mol. The summed E-state index contributed by atoms with van der Waals surface area (Å²) in [7, 11) is 0. The summed E-state index contributed by atoms with van der Waals surface area (Å²) in [4.78, 5) is 31.1. The topological polar surface area (TPSA) is 79.3 Å². The molecular formula is C22H25N5O2. The average molecular weight is 391 g/mol. The number of rotatable bonds is 4. The van der Waals surface area contributed by atoms with Crippen LogP contribution >= 0.6 is 0 Å². The van der Waals surface area contributed by atoms with Crippen molar-refractivity contribution in [2.24, 2.45) is 5.92 Å². The average Bonchev–Trinajstić information content (AvgIpc) is 3.14. The molecule has 2 amide bonds. The molecule has 2 N–H and O–H groups in total. The van der Waals surface area contributed by atoms with Gasteiger partial charge in [0.25, 0.3) is 0 Å². The van der Waals surface area contributed by atoms with Crippen LogP contribution < -0.4 is 10.7 Å². The third-order valence-electron chi connectivity index (χ3n) is 5.38. The molecule has 29 heavy (non-hydrogen) atoms. The molecule has 0 bridgehead atoms. The fourth-order valence-electron chi connectivity index (χ4n) is 3.57. The number of carbonyl (C=O) groups is 2. The van der Waals surface area contributed by atoms with Crippen LogP contribution in [0.3, 0.4) is 0 Å². The summed E-state index contributed by atoms with van der Waals surface area (Å²) in [6, 6.07) is 15.0. The molecule has 4 rings (SSSR count). The fourth-order valence-corrected chi connectivity index (χ4v) is 3.57. The number of para-hydroxylation sites is 2. The van der Waals surface area contributed by atoms with E-state index in [1.807, 2.05) is 48.5 Å². The number of imidazole rings is 1. The number of hydrogen-bond donors (Lipinski definition) is 2. The zero-order valence-corrected chi connectivity index (χ0v) is 16.5. The van der Waals surface area contributed by atoms with Gasteiger partial charge in [-0.2, -0.15) is 0 Å². The maximum absolute atomic E-state index is 12.2. The first kappa shape index (κ1) is 19.1. The number of likely N-dealkylation sites (tertiary alicyclic amines) is 1. The van der Waals surface area contributed by atoms with Crippen LogP contribution in [0.25, 0.3) is 11.0 Å². The Morgan fingerprint density at radius 2 is 1.76 bits per heavy atom. The normalized spacial score (nSPS) is 15.3. The molecule has 1 fully saturated rings. The van der Waals surface area contributed by atoms with Crippen LogP contribution in [-0.2, 0) is 16.1 Å². The van der Waals surface area contributed by atoms with Crippen molar-refractivity contribution in [1.82, 2.24) is 14.6 Å². The molecule has 7 nitrogen and oxygen atoms in total. The largest absolute Gasteiger partial charge is 0.328 e. The van der Waals surface area contributed by atoms with E-state index >= 15 is 0 Å². The minimum Gasteiger partial charge on any atom is -0.318 e.